The normalized spacial score (nSPS) is 24.9. The van der Waals surface area contributed by atoms with E-state index in [4.69, 9.17) is 4.74 Å². The lowest BCUT2D eigenvalue weighted by molar-refractivity contribution is -0.0803. The lowest BCUT2D eigenvalue weighted by Gasteiger charge is -2.48. The fraction of sp³-hybridized carbons (Fsp3) is 0.652. The Bertz CT molecular complexity index is 833. The van der Waals surface area contributed by atoms with Gasteiger partial charge in [0.1, 0.15) is 0 Å². The summed E-state index contributed by atoms with van der Waals surface area (Å²) in [5.74, 6) is -0.0518. The number of ether oxygens (including phenoxy) is 1. The van der Waals surface area contributed by atoms with Crippen LogP contribution in [0.5, 0.6) is 0 Å². The fourth-order valence-electron chi connectivity index (χ4n) is 4.92. The molecule has 6 nitrogen and oxygen atoms in total. The summed E-state index contributed by atoms with van der Waals surface area (Å²) < 4.78 is 7.78. The molecule has 2 aliphatic rings. The minimum atomic E-state index is -0.0518. The zero-order valence-corrected chi connectivity index (χ0v) is 17.9. The third-order valence-corrected chi connectivity index (χ3v) is 6.34. The number of piperidine rings is 1. The molecule has 3 atom stereocenters. The number of rotatable bonds is 7. The molecule has 0 radical (unpaired) electrons. The minimum Gasteiger partial charge on any atom is -0.378 e. The number of nitrogens with one attached hydrogen (secondary N) is 1. The summed E-state index contributed by atoms with van der Waals surface area (Å²) in [4.78, 5) is 15.8. The molecule has 0 aliphatic carbocycles. The van der Waals surface area contributed by atoms with Crippen LogP contribution in [0.1, 0.15) is 69.4 Å². The number of carbonyl (C=O) groups excluding carboxylic acids is 1. The Balaban J connectivity index is 1.47. The van der Waals surface area contributed by atoms with Gasteiger partial charge in [-0.2, -0.15) is 5.10 Å². The van der Waals surface area contributed by atoms with Crippen molar-refractivity contribution >= 4 is 16.8 Å². The predicted molar refractivity (Wildman–Crippen MR) is 115 cm³/mol. The first kappa shape index (κ1) is 20.4. The van der Waals surface area contributed by atoms with Gasteiger partial charge in [-0.05, 0) is 45.7 Å². The van der Waals surface area contributed by atoms with Gasteiger partial charge in [0, 0.05) is 29.6 Å². The van der Waals surface area contributed by atoms with E-state index < -0.39 is 0 Å². The van der Waals surface area contributed by atoms with Gasteiger partial charge in [0.2, 0.25) is 0 Å². The Morgan fingerprint density at radius 3 is 2.62 bits per heavy atom. The molecule has 0 unspecified atom stereocenters. The molecule has 2 fully saturated rings. The molecule has 2 aromatic rings. The van der Waals surface area contributed by atoms with E-state index in [2.05, 4.69) is 36.1 Å². The summed E-state index contributed by atoms with van der Waals surface area (Å²) in [6, 6.07) is 9.23. The number of para-hydroxylation sites is 1. The van der Waals surface area contributed by atoms with Gasteiger partial charge in [0.25, 0.3) is 5.91 Å². The van der Waals surface area contributed by atoms with Crippen LogP contribution in [0, 0.1) is 0 Å². The van der Waals surface area contributed by atoms with Crippen molar-refractivity contribution in [1.29, 1.82) is 0 Å². The van der Waals surface area contributed by atoms with Crippen LogP contribution in [0.15, 0.2) is 24.3 Å². The Labute approximate surface area is 173 Å². The molecule has 1 aromatic heterocycles. The van der Waals surface area contributed by atoms with Gasteiger partial charge in [-0.3, -0.25) is 14.4 Å². The molecule has 0 spiro atoms. The maximum atomic E-state index is 13.1. The first-order valence-electron chi connectivity index (χ1n) is 11.2. The summed E-state index contributed by atoms with van der Waals surface area (Å²) in [5.41, 5.74) is 1.56. The molecule has 2 aliphatic heterocycles. The van der Waals surface area contributed by atoms with Gasteiger partial charge in [-0.25, -0.2) is 0 Å². The SMILES string of the molecule is CCCCCN1[C@@H]2COC[C@H]1C[C@@H](NC(=O)c1nn(C(C)C)c3ccccc13)C2. The van der Waals surface area contributed by atoms with Gasteiger partial charge in [-0.15, -0.1) is 0 Å². The van der Waals surface area contributed by atoms with Gasteiger partial charge in [-0.1, -0.05) is 38.0 Å². The standard InChI is InChI=1S/C23H34N4O2/c1-4-5-8-11-26-18-12-17(13-19(26)15-29-14-18)24-23(28)22-20-9-6-7-10-21(20)27(25-22)16(2)3/h6-7,9-10,16-19H,4-5,8,11-15H2,1-3H3,(H,24,28)/t17-,18-,19+. The van der Waals surface area contributed by atoms with E-state index in [1.54, 1.807) is 0 Å². The van der Waals surface area contributed by atoms with Crippen molar-refractivity contribution in [2.45, 2.75) is 77.0 Å². The summed E-state index contributed by atoms with van der Waals surface area (Å²) in [6.07, 6.45) is 5.69. The highest BCUT2D eigenvalue weighted by molar-refractivity contribution is 6.05. The maximum absolute atomic E-state index is 13.1. The van der Waals surface area contributed by atoms with Crippen LogP contribution in [-0.4, -0.2) is 58.5 Å². The van der Waals surface area contributed by atoms with Crippen LogP contribution < -0.4 is 5.32 Å². The minimum absolute atomic E-state index is 0.0518. The van der Waals surface area contributed by atoms with Crippen molar-refractivity contribution in [2.24, 2.45) is 0 Å². The number of benzene rings is 1. The first-order valence-corrected chi connectivity index (χ1v) is 11.2. The van der Waals surface area contributed by atoms with Crippen LogP contribution in [0.4, 0.5) is 0 Å². The molecular formula is C23H34N4O2. The highest BCUT2D eigenvalue weighted by atomic mass is 16.5. The molecule has 2 saturated heterocycles. The van der Waals surface area contributed by atoms with E-state index in [1.165, 1.54) is 19.3 Å². The predicted octanol–water partition coefficient (Wildman–Crippen LogP) is 3.77. The number of nitrogens with zero attached hydrogens (tertiary/aromatic N) is 3. The van der Waals surface area contributed by atoms with E-state index in [-0.39, 0.29) is 18.0 Å². The van der Waals surface area contributed by atoms with Crippen LogP contribution in [0.25, 0.3) is 10.9 Å². The first-order chi connectivity index (χ1) is 14.1. The monoisotopic (exact) mass is 398 g/mol. The van der Waals surface area contributed by atoms with Crippen molar-refractivity contribution in [2.75, 3.05) is 19.8 Å². The van der Waals surface area contributed by atoms with Crippen LogP contribution in [0.3, 0.4) is 0 Å². The molecule has 4 rings (SSSR count). The number of hydrogen-bond donors (Lipinski definition) is 1. The Morgan fingerprint density at radius 2 is 1.93 bits per heavy atom. The van der Waals surface area contributed by atoms with Crippen molar-refractivity contribution in [3.8, 4) is 0 Å². The van der Waals surface area contributed by atoms with Crippen LogP contribution in [0.2, 0.25) is 0 Å². The van der Waals surface area contributed by atoms with Crippen molar-refractivity contribution < 1.29 is 9.53 Å². The van der Waals surface area contributed by atoms with Crippen LogP contribution >= 0.6 is 0 Å². The van der Waals surface area contributed by atoms with E-state index >= 15 is 0 Å². The van der Waals surface area contributed by atoms with E-state index in [9.17, 15) is 4.79 Å². The Morgan fingerprint density at radius 1 is 1.21 bits per heavy atom. The molecular weight excluding hydrogens is 364 g/mol. The molecule has 1 N–H and O–H groups in total. The van der Waals surface area contributed by atoms with Crippen molar-refractivity contribution in [1.82, 2.24) is 20.0 Å². The third kappa shape index (κ3) is 4.19. The molecule has 3 heterocycles. The average Bonchev–Trinajstić information content (AvgIpc) is 3.08. The second-order valence-corrected chi connectivity index (χ2v) is 8.84. The third-order valence-electron chi connectivity index (χ3n) is 6.34. The fourth-order valence-corrected chi connectivity index (χ4v) is 4.92. The number of unbranched alkanes of at least 4 members (excludes halogenated alkanes) is 2. The Kier molecular flexibility index (Phi) is 6.20. The Hall–Kier alpha value is -1.92. The summed E-state index contributed by atoms with van der Waals surface area (Å²) in [7, 11) is 0. The zero-order valence-electron chi connectivity index (χ0n) is 17.9. The topological polar surface area (TPSA) is 59.4 Å². The average molecular weight is 399 g/mol. The molecule has 1 amide bonds. The lowest BCUT2D eigenvalue weighted by Crippen LogP contribution is -2.60. The highest BCUT2D eigenvalue weighted by Gasteiger charge is 2.39. The van der Waals surface area contributed by atoms with Crippen LogP contribution in [-0.2, 0) is 4.74 Å². The number of aromatic nitrogens is 2. The van der Waals surface area contributed by atoms with E-state index in [1.807, 2.05) is 28.9 Å². The van der Waals surface area contributed by atoms with Gasteiger partial charge >= 0.3 is 0 Å². The van der Waals surface area contributed by atoms with Crippen molar-refractivity contribution in [3.63, 3.8) is 0 Å². The number of amides is 1. The van der Waals surface area contributed by atoms with Gasteiger partial charge in [0.05, 0.1) is 18.7 Å². The molecule has 6 heteroatoms. The number of morpholine rings is 1. The number of hydrogen-bond acceptors (Lipinski definition) is 4. The van der Waals surface area contributed by atoms with Gasteiger partial charge in [0.15, 0.2) is 5.69 Å². The summed E-state index contributed by atoms with van der Waals surface area (Å²) >= 11 is 0. The second kappa shape index (κ2) is 8.84. The maximum Gasteiger partial charge on any atom is 0.272 e. The molecule has 1 aromatic carbocycles. The molecule has 0 saturated carbocycles. The second-order valence-electron chi connectivity index (χ2n) is 8.84. The summed E-state index contributed by atoms with van der Waals surface area (Å²) in [6.45, 7) is 9.14. The molecule has 29 heavy (non-hydrogen) atoms. The largest absolute Gasteiger partial charge is 0.378 e. The lowest BCUT2D eigenvalue weighted by atomic mass is 9.89. The van der Waals surface area contributed by atoms with Crippen molar-refractivity contribution in [3.05, 3.63) is 30.0 Å². The van der Waals surface area contributed by atoms with E-state index in [0.717, 1.165) is 43.5 Å². The number of carbonyl (C=O) groups is 1. The number of fused-ring (bicyclic) bond motifs is 3. The zero-order chi connectivity index (χ0) is 20.4. The van der Waals surface area contributed by atoms with E-state index in [0.29, 0.717) is 17.8 Å². The quantitative estimate of drug-likeness (QED) is 0.722. The molecule has 158 valence electrons. The molecule has 2 bridgehead atoms. The summed E-state index contributed by atoms with van der Waals surface area (Å²) in [5, 5.41) is 8.89. The highest BCUT2D eigenvalue weighted by Crippen LogP contribution is 2.29. The smallest absolute Gasteiger partial charge is 0.272 e. The van der Waals surface area contributed by atoms with Gasteiger partial charge < -0.3 is 10.1 Å².